The molecule has 7 aromatic heterocycles. The zero-order valence-corrected chi connectivity index (χ0v) is 44.1. The Labute approximate surface area is 469 Å². The zero-order chi connectivity index (χ0) is 53.8. The third-order valence-electron chi connectivity index (χ3n) is 16.5. The fourth-order valence-corrected chi connectivity index (χ4v) is 12.7. The zero-order valence-electron chi connectivity index (χ0n) is 44.1. The molecule has 18 rings (SSSR count). The highest BCUT2D eigenvalue weighted by Gasteiger charge is 2.20. The van der Waals surface area contributed by atoms with Crippen LogP contribution in [0.4, 0.5) is 0 Å². The Morgan fingerprint density at radius 1 is 0.244 bits per heavy atom. The van der Waals surface area contributed by atoms with E-state index in [9.17, 15) is 0 Å². The van der Waals surface area contributed by atoms with Crippen molar-refractivity contribution in [2.24, 2.45) is 0 Å². The quantitative estimate of drug-likeness (QED) is 0.164. The Bertz CT molecular complexity index is 5330. The number of aromatic nitrogens is 7. The van der Waals surface area contributed by atoms with Crippen LogP contribution in [0.1, 0.15) is 0 Å². The molecular formula is C75H45N7. The summed E-state index contributed by atoms with van der Waals surface area (Å²) in [6.45, 7) is 0. The minimum Gasteiger partial charge on any atom is -0.292 e. The van der Waals surface area contributed by atoms with E-state index in [2.05, 4.69) is 251 Å². The number of rotatable bonds is 4. The lowest BCUT2D eigenvalue weighted by molar-refractivity contribution is 1.31. The van der Waals surface area contributed by atoms with Crippen molar-refractivity contribution in [2.75, 3.05) is 0 Å². The Morgan fingerprint density at radius 3 is 1.24 bits per heavy atom. The number of pyridine rings is 5. The molecule has 0 saturated carbocycles. The van der Waals surface area contributed by atoms with Crippen LogP contribution in [0.15, 0.2) is 273 Å². The number of nitrogens with zero attached hydrogens (tertiary/aromatic N) is 7. The van der Waals surface area contributed by atoms with Gasteiger partial charge in [-0.15, -0.1) is 0 Å². The Balaban J connectivity index is 0.000000130. The summed E-state index contributed by atoms with van der Waals surface area (Å²) in [7, 11) is 0. The van der Waals surface area contributed by atoms with E-state index in [4.69, 9.17) is 24.9 Å². The van der Waals surface area contributed by atoms with Crippen LogP contribution in [0.25, 0.3) is 165 Å². The highest BCUT2D eigenvalue weighted by molar-refractivity contribution is 6.25. The molecule has 0 fully saturated rings. The lowest BCUT2D eigenvalue weighted by Crippen LogP contribution is -1.94. The van der Waals surface area contributed by atoms with Gasteiger partial charge in [0.2, 0.25) is 0 Å². The molecule has 7 nitrogen and oxygen atoms in total. The van der Waals surface area contributed by atoms with Crippen LogP contribution in [-0.2, 0) is 0 Å². The second-order valence-corrected chi connectivity index (χ2v) is 21.2. The number of benzene rings is 11. The first-order valence-electron chi connectivity index (χ1n) is 27.7. The standard InChI is InChI=1S/C38H23N3.C37H22N4/c1-2-8-26-21-29(15-14-24(26)7-1)27-9-5-10-28(22-27)30-17-19-34-32(23-30)36-31(18-16-25-11-6-20-39-37(25)36)38-40-33-12-3-4-13-35(33)41(34)38;1-2-8-25-21-26(15-14-23(25)7-1)30-11-5-12-31(39-30)27-17-19-33-29(22-27)35-28(18-16-24-9-6-20-38-36(24)35)37-40-32-10-3-4-13-34(32)41(33)37/h1-23H;1-22H. The summed E-state index contributed by atoms with van der Waals surface area (Å²) in [4.78, 5) is 25.0. The third-order valence-corrected chi connectivity index (χ3v) is 16.5. The van der Waals surface area contributed by atoms with Gasteiger partial charge in [0.25, 0.3) is 0 Å². The SMILES string of the molecule is c1cc(-c2ccc3ccccc3c2)cc(-c2ccc3c(c2)c2c(ccc4cccnc42)c2nc4ccccc4n32)c1.c1cc(-c2ccc3ccccc3c2)nc(-c2ccc3c(c2)c2c(ccc4cccnc42)c2nc4ccccc4n32)c1. The van der Waals surface area contributed by atoms with Gasteiger partial charge in [0.15, 0.2) is 0 Å². The van der Waals surface area contributed by atoms with Crippen molar-refractivity contribution < 1.29 is 0 Å². The monoisotopic (exact) mass is 1040 g/mol. The molecule has 0 N–H and O–H groups in total. The van der Waals surface area contributed by atoms with E-state index in [1.54, 1.807) is 0 Å². The average Bonchev–Trinajstić information content (AvgIpc) is 2.70. The molecule has 0 unspecified atom stereocenters. The second-order valence-electron chi connectivity index (χ2n) is 21.2. The van der Waals surface area contributed by atoms with Crippen LogP contribution in [-0.4, -0.2) is 33.7 Å². The van der Waals surface area contributed by atoms with Gasteiger partial charge in [0, 0.05) is 66.6 Å². The molecule has 82 heavy (non-hydrogen) atoms. The van der Waals surface area contributed by atoms with Crippen molar-refractivity contribution in [2.45, 2.75) is 0 Å². The lowest BCUT2D eigenvalue weighted by Gasteiger charge is -2.13. The predicted molar refractivity (Wildman–Crippen MR) is 341 cm³/mol. The molecular weight excluding hydrogens is 999 g/mol. The number of imidazole rings is 2. The summed E-state index contributed by atoms with van der Waals surface area (Å²) < 4.78 is 4.58. The van der Waals surface area contributed by atoms with E-state index in [1.807, 2.05) is 30.6 Å². The van der Waals surface area contributed by atoms with Gasteiger partial charge < -0.3 is 0 Å². The topological polar surface area (TPSA) is 73.3 Å². The van der Waals surface area contributed by atoms with Crippen LogP contribution in [0, 0.1) is 0 Å². The fraction of sp³-hybridized carbons (Fsp3) is 0. The smallest absolute Gasteiger partial charge is 0.146 e. The number of fused-ring (bicyclic) bond motifs is 22. The first kappa shape index (κ1) is 45.8. The minimum absolute atomic E-state index is 0.939. The normalized spacial score (nSPS) is 11.9. The number of para-hydroxylation sites is 4. The van der Waals surface area contributed by atoms with Gasteiger partial charge in [-0.2, -0.15) is 0 Å². The van der Waals surface area contributed by atoms with Crippen LogP contribution in [0.3, 0.4) is 0 Å². The molecule has 0 saturated heterocycles. The first-order chi connectivity index (χ1) is 40.6. The van der Waals surface area contributed by atoms with Crippen molar-refractivity contribution in [1.82, 2.24) is 33.7 Å². The van der Waals surface area contributed by atoms with Crippen LogP contribution in [0.5, 0.6) is 0 Å². The number of hydrogen-bond donors (Lipinski definition) is 0. The Hall–Kier alpha value is -11.2. The molecule has 0 amide bonds. The fourth-order valence-electron chi connectivity index (χ4n) is 12.7. The van der Waals surface area contributed by atoms with Gasteiger partial charge in [0.05, 0.1) is 55.5 Å². The molecule has 0 aliphatic rings. The van der Waals surface area contributed by atoms with Crippen LogP contribution in [0.2, 0.25) is 0 Å². The Morgan fingerprint density at radius 2 is 0.659 bits per heavy atom. The summed E-state index contributed by atoms with van der Waals surface area (Å²) in [6, 6.07) is 92.5. The van der Waals surface area contributed by atoms with Crippen molar-refractivity contribution in [1.29, 1.82) is 0 Å². The van der Waals surface area contributed by atoms with Gasteiger partial charge in [-0.3, -0.25) is 18.8 Å². The third kappa shape index (κ3) is 7.27. The van der Waals surface area contributed by atoms with Gasteiger partial charge in [-0.25, -0.2) is 15.0 Å². The predicted octanol–water partition coefficient (Wildman–Crippen LogP) is 19.1. The van der Waals surface area contributed by atoms with Crippen molar-refractivity contribution in [3.8, 4) is 44.8 Å². The average molecular weight is 1040 g/mol. The second kappa shape index (κ2) is 18.2. The summed E-state index contributed by atoms with van der Waals surface area (Å²) in [6.07, 6.45) is 3.76. The first-order valence-corrected chi connectivity index (χ1v) is 27.7. The molecule has 0 aliphatic heterocycles. The van der Waals surface area contributed by atoms with Crippen molar-refractivity contribution in [3.05, 3.63) is 273 Å². The van der Waals surface area contributed by atoms with Crippen LogP contribution < -0.4 is 0 Å². The minimum atomic E-state index is 0.939. The van der Waals surface area contributed by atoms with Gasteiger partial charge >= 0.3 is 0 Å². The molecule has 0 atom stereocenters. The van der Waals surface area contributed by atoms with Crippen LogP contribution >= 0.6 is 0 Å². The van der Waals surface area contributed by atoms with Gasteiger partial charge in [0.1, 0.15) is 11.3 Å². The summed E-state index contributed by atoms with van der Waals surface area (Å²) in [5.41, 5.74) is 19.2. The number of hydrogen-bond acceptors (Lipinski definition) is 5. The van der Waals surface area contributed by atoms with Crippen molar-refractivity contribution in [3.63, 3.8) is 0 Å². The summed E-state index contributed by atoms with van der Waals surface area (Å²) in [5.74, 6) is 0. The highest BCUT2D eigenvalue weighted by atomic mass is 15.0. The highest BCUT2D eigenvalue weighted by Crippen LogP contribution is 2.41. The maximum atomic E-state index is 5.14. The Kier molecular flexibility index (Phi) is 10.2. The maximum Gasteiger partial charge on any atom is 0.146 e. The molecule has 380 valence electrons. The van der Waals surface area contributed by atoms with E-state index in [-0.39, 0.29) is 0 Å². The molecule has 11 aromatic carbocycles. The van der Waals surface area contributed by atoms with Gasteiger partial charge in [-0.1, -0.05) is 158 Å². The largest absolute Gasteiger partial charge is 0.292 e. The molecule has 18 aromatic rings. The van der Waals surface area contributed by atoms with E-state index < -0.39 is 0 Å². The molecule has 0 radical (unpaired) electrons. The van der Waals surface area contributed by atoms with E-state index >= 15 is 0 Å². The van der Waals surface area contributed by atoms with Gasteiger partial charge in [-0.05, 0) is 147 Å². The summed E-state index contributed by atoms with van der Waals surface area (Å²) in [5, 5.41) is 14.0. The van der Waals surface area contributed by atoms with E-state index in [0.717, 1.165) is 116 Å². The van der Waals surface area contributed by atoms with Crippen molar-refractivity contribution >= 4 is 120 Å². The molecule has 7 heterocycles. The molecule has 0 aliphatic carbocycles. The molecule has 0 spiro atoms. The summed E-state index contributed by atoms with van der Waals surface area (Å²) >= 11 is 0. The lowest BCUT2D eigenvalue weighted by atomic mass is 9.95. The van der Waals surface area contributed by atoms with E-state index in [0.29, 0.717) is 0 Å². The molecule has 0 bridgehead atoms. The maximum absolute atomic E-state index is 5.14. The van der Waals surface area contributed by atoms with E-state index in [1.165, 1.54) is 49.2 Å². The molecule has 7 heteroatoms.